The Labute approximate surface area is 225 Å². The van der Waals surface area contributed by atoms with Gasteiger partial charge in [-0.3, -0.25) is 0 Å². The highest BCUT2D eigenvalue weighted by Crippen LogP contribution is 2.44. The number of carbonyl (C=O) groups excluding carboxylic acids is 3. The van der Waals surface area contributed by atoms with Crippen LogP contribution in [0.25, 0.3) is 11.1 Å². The van der Waals surface area contributed by atoms with Gasteiger partial charge < -0.3 is 14.2 Å². The summed E-state index contributed by atoms with van der Waals surface area (Å²) in [5, 5.41) is 0. The molecule has 0 radical (unpaired) electrons. The fraction of sp³-hybridized carbons (Fsp3) is 0.156. The number of hydrogen-bond acceptors (Lipinski definition) is 6. The highest BCUT2D eigenvalue weighted by atomic mass is 16.6. The van der Waals surface area contributed by atoms with Crippen LogP contribution in [0.4, 0.5) is 9.59 Å². The van der Waals surface area contributed by atoms with Gasteiger partial charge in [-0.15, -0.1) is 0 Å². The Bertz CT molecular complexity index is 1490. The molecule has 7 nitrogen and oxygen atoms in total. The molecule has 4 aromatic carbocycles. The summed E-state index contributed by atoms with van der Waals surface area (Å²) in [6.45, 7) is 0.463. The number of rotatable bonds is 7. The summed E-state index contributed by atoms with van der Waals surface area (Å²) in [5.41, 5.74) is 6.09. The van der Waals surface area contributed by atoms with Crippen LogP contribution in [-0.4, -0.2) is 35.7 Å². The van der Waals surface area contributed by atoms with Gasteiger partial charge in [0.25, 0.3) is 0 Å². The summed E-state index contributed by atoms with van der Waals surface area (Å²) in [4.78, 5) is 38.8. The molecule has 0 unspecified atom stereocenters. The first-order valence-electron chi connectivity index (χ1n) is 12.7. The molecule has 1 atom stereocenters. The molecule has 194 valence electrons. The summed E-state index contributed by atoms with van der Waals surface area (Å²) in [5.74, 6) is -0.281. The van der Waals surface area contributed by atoms with E-state index in [1.54, 1.807) is 24.3 Å². The maximum Gasteiger partial charge on any atom is 0.427 e. The van der Waals surface area contributed by atoms with Gasteiger partial charge in [0.15, 0.2) is 0 Å². The fourth-order valence-corrected chi connectivity index (χ4v) is 5.16. The smallest absolute Gasteiger partial charge is 0.427 e. The Hall–Kier alpha value is -4.91. The van der Waals surface area contributed by atoms with E-state index in [1.807, 2.05) is 78.9 Å². The van der Waals surface area contributed by atoms with Crippen LogP contribution in [0.2, 0.25) is 0 Å². The maximum absolute atomic E-state index is 13.1. The average Bonchev–Trinajstić information content (AvgIpc) is 3.44. The largest absolute Gasteiger partial charge is 0.489 e. The Morgan fingerprint density at radius 2 is 1.36 bits per heavy atom. The molecule has 2 amide bonds. The third-order valence-electron chi connectivity index (χ3n) is 7.10. The highest BCUT2D eigenvalue weighted by Gasteiger charge is 2.46. The van der Waals surface area contributed by atoms with Gasteiger partial charge in [-0.05, 0) is 45.5 Å². The second-order valence-corrected chi connectivity index (χ2v) is 9.50. The lowest BCUT2D eigenvalue weighted by molar-refractivity contribution is -0.135. The Morgan fingerprint density at radius 1 is 0.744 bits per heavy atom. The van der Waals surface area contributed by atoms with E-state index in [4.69, 9.17) is 14.2 Å². The molecule has 1 aliphatic heterocycles. The van der Waals surface area contributed by atoms with Crippen LogP contribution in [0.1, 0.15) is 28.2 Å². The van der Waals surface area contributed by atoms with E-state index >= 15 is 0 Å². The van der Waals surface area contributed by atoms with Crippen LogP contribution in [0.5, 0.6) is 5.75 Å². The SMILES string of the molecule is O=C1OC(=O)N(C(=O)OCC2c3ccccc3-c3ccccc32)[C@H]1Cc1ccc(OCc2ccccc2)cc1. The molecular weight excluding hydrogens is 494 g/mol. The van der Waals surface area contributed by atoms with Gasteiger partial charge in [-0.2, -0.15) is 4.90 Å². The number of carbonyl (C=O) groups is 3. The normalized spacial score (nSPS) is 16.0. The zero-order chi connectivity index (χ0) is 26.8. The van der Waals surface area contributed by atoms with Crippen molar-refractivity contribution >= 4 is 18.2 Å². The number of imide groups is 1. The van der Waals surface area contributed by atoms with Crippen LogP contribution in [0.3, 0.4) is 0 Å². The Morgan fingerprint density at radius 3 is 2.03 bits per heavy atom. The van der Waals surface area contributed by atoms with Crippen molar-refractivity contribution < 1.29 is 28.6 Å². The van der Waals surface area contributed by atoms with E-state index in [0.717, 1.165) is 38.3 Å². The van der Waals surface area contributed by atoms with Gasteiger partial charge in [-0.1, -0.05) is 91.0 Å². The average molecular weight is 520 g/mol. The van der Waals surface area contributed by atoms with Gasteiger partial charge >= 0.3 is 18.2 Å². The standard InChI is InChI=1S/C32H25NO6/c34-30-29(18-21-14-16-23(17-15-21)37-19-22-8-2-1-3-9-22)33(32(36)39-30)31(35)38-20-28-26-12-6-4-10-24(26)25-11-5-7-13-27(25)28/h1-17,28-29H,18-20H2/t29-/m0/s1. The van der Waals surface area contributed by atoms with Crippen molar-refractivity contribution in [1.82, 2.24) is 4.90 Å². The van der Waals surface area contributed by atoms with Gasteiger partial charge in [0.05, 0.1) is 0 Å². The summed E-state index contributed by atoms with van der Waals surface area (Å²) >= 11 is 0. The molecule has 0 saturated carbocycles. The van der Waals surface area contributed by atoms with E-state index in [-0.39, 0.29) is 18.9 Å². The van der Waals surface area contributed by atoms with Crippen LogP contribution < -0.4 is 4.74 Å². The number of fused-ring (bicyclic) bond motifs is 3. The van der Waals surface area contributed by atoms with Crippen molar-refractivity contribution in [3.8, 4) is 16.9 Å². The molecule has 0 N–H and O–H groups in total. The van der Waals surface area contributed by atoms with E-state index in [1.165, 1.54) is 0 Å². The topological polar surface area (TPSA) is 82.1 Å². The highest BCUT2D eigenvalue weighted by molar-refractivity contribution is 6.04. The number of ether oxygens (including phenoxy) is 3. The first-order valence-corrected chi connectivity index (χ1v) is 12.7. The minimum atomic E-state index is -1.11. The quantitative estimate of drug-likeness (QED) is 0.217. The molecule has 1 aliphatic carbocycles. The molecule has 7 heteroatoms. The lowest BCUT2D eigenvalue weighted by atomic mass is 9.98. The van der Waals surface area contributed by atoms with Gasteiger partial charge in [0.1, 0.15) is 25.0 Å². The van der Waals surface area contributed by atoms with Gasteiger partial charge in [-0.25, -0.2) is 14.4 Å². The van der Waals surface area contributed by atoms with Crippen LogP contribution in [-0.2, 0) is 27.3 Å². The fourth-order valence-electron chi connectivity index (χ4n) is 5.16. The van der Waals surface area contributed by atoms with E-state index in [9.17, 15) is 14.4 Å². The summed E-state index contributed by atoms with van der Waals surface area (Å²) < 4.78 is 16.2. The Balaban J connectivity index is 1.12. The molecule has 1 fully saturated rings. The minimum Gasteiger partial charge on any atom is -0.489 e. The lowest BCUT2D eigenvalue weighted by Crippen LogP contribution is -2.42. The number of hydrogen-bond donors (Lipinski definition) is 0. The summed E-state index contributed by atoms with van der Waals surface area (Å²) in [6, 6.07) is 31.8. The first kappa shape index (κ1) is 24.4. The first-order chi connectivity index (χ1) is 19.1. The molecule has 0 bridgehead atoms. The molecule has 1 saturated heterocycles. The minimum absolute atomic E-state index is 0.0327. The molecule has 0 aromatic heterocycles. The van der Waals surface area contributed by atoms with E-state index in [2.05, 4.69) is 0 Å². The van der Waals surface area contributed by atoms with Crippen LogP contribution in [0.15, 0.2) is 103 Å². The molecule has 39 heavy (non-hydrogen) atoms. The van der Waals surface area contributed by atoms with Crippen molar-refractivity contribution in [2.75, 3.05) is 6.61 Å². The maximum atomic E-state index is 13.1. The van der Waals surface area contributed by atoms with Gasteiger partial charge in [0.2, 0.25) is 0 Å². The number of benzene rings is 4. The predicted octanol–water partition coefficient (Wildman–Crippen LogP) is 6.10. The summed E-state index contributed by atoms with van der Waals surface area (Å²) in [7, 11) is 0. The van der Waals surface area contributed by atoms with E-state index < -0.39 is 24.2 Å². The van der Waals surface area contributed by atoms with Crippen LogP contribution in [0, 0.1) is 0 Å². The third-order valence-corrected chi connectivity index (χ3v) is 7.10. The molecule has 6 rings (SSSR count). The van der Waals surface area contributed by atoms with Gasteiger partial charge in [0, 0.05) is 12.3 Å². The molecular formula is C32H25NO6. The second kappa shape index (κ2) is 10.5. The van der Waals surface area contributed by atoms with Crippen molar-refractivity contribution in [1.29, 1.82) is 0 Å². The monoisotopic (exact) mass is 519 g/mol. The van der Waals surface area contributed by atoms with Crippen molar-refractivity contribution in [2.45, 2.75) is 25.0 Å². The molecule has 4 aromatic rings. The Kier molecular flexibility index (Phi) is 6.55. The number of cyclic esters (lactones) is 2. The molecule has 0 spiro atoms. The zero-order valence-corrected chi connectivity index (χ0v) is 21.0. The van der Waals surface area contributed by atoms with E-state index in [0.29, 0.717) is 12.4 Å². The summed E-state index contributed by atoms with van der Waals surface area (Å²) in [6.07, 6.45) is -1.82. The predicted molar refractivity (Wildman–Crippen MR) is 143 cm³/mol. The molecule has 1 heterocycles. The van der Waals surface area contributed by atoms with Crippen LogP contribution >= 0.6 is 0 Å². The van der Waals surface area contributed by atoms with Crippen molar-refractivity contribution in [3.05, 3.63) is 125 Å². The number of amides is 2. The molecule has 2 aliphatic rings. The van der Waals surface area contributed by atoms with Crippen molar-refractivity contribution in [3.63, 3.8) is 0 Å². The number of nitrogens with zero attached hydrogens (tertiary/aromatic N) is 1. The zero-order valence-electron chi connectivity index (χ0n) is 21.0. The lowest BCUT2D eigenvalue weighted by Gasteiger charge is -2.20. The van der Waals surface area contributed by atoms with Crippen molar-refractivity contribution in [2.24, 2.45) is 0 Å². The third kappa shape index (κ3) is 4.86. The number of esters is 1. The second-order valence-electron chi connectivity index (χ2n) is 9.50.